The monoisotopic (exact) mass is 355 g/mol. The SMILES string of the molecule is CC(OC(=O)c1cccc(O)c1)C(=O)Nc1ccc([N+](=O)[O-])cc1C#N. The number of anilines is 1. The van der Waals surface area contributed by atoms with Gasteiger partial charge in [-0.15, -0.1) is 0 Å². The Bertz CT molecular complexity index is 919. The van der Waals surface area contributed by atoms with Gasteiger partial charge in [0.2, 0.25) is 0 Å². The molecule has 0 saturated carbocycles. The van der Waals surface area contributed by atoms with Crippen LogP contribution in [0, 0.1) is 21.4 Å². The number of ether oxygens (including phenoxy) is 1. The van der Waals surface area contributed by atoms with E-state index < -0.39 is 22.9 Å². The number of nitrogens with zero attached hydrogens (tertiary/aromatic N) is 2. The fourth-order valence-electron chi connectivity index (χ4n) is 2.00. The number of hydrogen-bond donors (Lipinski definition) is 2. The summed E-state index contributed by atoms with van der Waals surface area (Å²) >= 11 is 0. The van der Waals surface area contributed by atoms with Crippen LogP contribution >= 0.6 is 0 Å². The number of rotatable bonds is 5. The van der Waals surface area contributed by atoms with E-state index >= 15 is 0 Å². The van der Waals surface area contributed by atoms with Gasteiger partial charge in [0.1, 0.15) is 11.8 Å². The molecule has 0 aromatic heterocycles. The van der Waals surface area contributed by atoms with E-state index in [4.69, 9.17) is 10.00 Å². The molecule has 0 fully saturated rings. The van der Waals surface area contributed by atoms with E-state index in [1.165, 1.54) is 37.3 Å². The van der Waals surface area contributed by atoms with Crippen molar-refractivity contribution in [2.24, 2.45) is 0 Å². The van der Waals surface area contributed by atoms with E-state index in [9.17, 15) is 24.8 Å². The topological polar surface area (TPSA) is 143 Å². The van der Waals surface area contributed by atoms with Crippen LogP contribution in [0.2, 0.25) is 0 Å². The number of nitro groups is 1. The smallest absolute Gasteiger partial charge is 0.339 e. The lowest BCUT2D eigenvalue weighted by Crippen LogP contribution is -2.30. The Morgan fingerprint density at radius 3 is 2.65 bits per heavy atom. The van der Waals surface area contributed by atoms with E-state index in [2.05, 4.69) is 5.32 Å². The molecule has 0 saturated heterocycles. The van der Waals surface area contributed by atoms with E-state index in [0.29, 0.717) is 0 Å². The Morgan fingerprint density at radius 2 is 2.04 bits per heavy atom. The number of carbonyl (C=O) groups is 2. The zero-order chi connectivity index (χ0) is 19.3. The number of nitriles is 1. The summed E-state index contributed by atoms with van der Waals surface area (Å²) in [6.45, 7) is 1.33. The maximum atomic E-state index is 12.2. The molecule has 2 rings (SSSR count). The van der Waals surface area contributed by atoms with Crippen LogP contribution in [0.3, 0.4) is 0 Å². The number of phenolic OH excluding ortho intramolecular Hbond substituents is 1. The highest BCUT2D eigenvalue weighted by Gasteiger charge is 2.21. The van der Waals surface area contributed by atoms with Gasteiger partial charge >= 0.3 is 5.97 Å². The van der Waals surface area contributed by atoms with Crippen LogP contribution in [0.5, 0.6) is 5.75 Å². The number of nitrogens with one attached hydrogen (secondary N) is 1. The molecule has 0 aliphatic carbocycles. The van der Waals surface area contributed by atoms with E-state index in [1.54, 1.807) is 6.07 Å². The third-order valence-electron chi connectivity index (χ3n) is 3.33. The summed E-state index contributed by atoms with van der Waals surface area (Å²) < 4.78 is 5.01. The van der Waals surface area contributed by atoms with Crippen molar-refractivity contribution in [1.29, 1.82) is 5.26 Å². The maximum Gasteiger partial charge on any atom is 0.339 e. The Kier molecular flexibility index (Phi) is 5.49. The highest BCUT2D eigenvalue weighted by molar-refractivity contribution is 5.98. The fourth-order valence-corrected chi connectivity index (χ4v) is 2.00. The van der Waals surface area contributed by atoms with Crippen LogP contribution < -0.4 is 5.32 Å². The Morgan fingerprint density at radius 1 is 1.31 bits per heavy atom. The third-order valence-corrected chi connectivity index (χ3v) is 3.33. The molecule has 26 heavy (non-hydrogen) atoms. The standard InChI is InChI=1S/C17H13N3O6/c1-10(26-17(23)11-3-2-4-14(21)8-11)16(22)19-15-6-5-13(20(24)25)7-12(15)9-18/h2-8,10,21H,1H3,(H,19,22). The van der Waals surface area contributed by atoms with Gasteiger partial charge in [0, 0.05) is 12.1 Å². The van der Waals surface area contributed by atoms with Gasteiger partial charge in [-0.05, 0) is 31.2 Å². The largest absolute Gasteiger partial charge is 0.508 e. The minimum atomic E-state index is -1.20. The predicted molar refractivity (Wildman–Crippen MR) is 89.4 cm³/mol. The van der Waals surface area contributed by atoms with E-state index in [-0.39, 0.29) is 28.3 Å². The molecule has 1 amide bonds. The zero-order valence-electron chi connectivity index (χ0n) is 13.5. The number of nitro benzene ring substituents is 1. The van der Waals surface area contributed by atoms with Gasteiger partial charge in [-0.1, -0.05) is 6.07 Å². The second kappa shape index (κ2) is 7.76. The summed E-state index contributed by atoms with van der Waals surface area (Å²) in [5, 5.41) is 31.5. The normalized spacial score (nSPS) is 11.1. The van der Waals surface area contributed by atoms with Gasteiger partial charge < -0.3 is 15.2 Å². The van der Waals surface area contributed by atoms with Crippen molar-refractivity contribution in [1.82, 2.24) is 0 Å². The zero-order valence-corrected chi connectivity index (χ0v) is 13.5. The molecule has 1 unspecified atom stereocenters. The molecule has 2 aromatic carbocycles. The molecule has 132 valence electrons. The minimum Gasteiger partial charge on any atom is -0.508 e. The van der Waals surface area contributed by atoms with Crippen molar-refractivity contribution in [3.8, 4) is 11.8 Å². The number of carbonyl (C=O) groups excluding carboxylic acids is 2. The molecule has 9 nitrogen and oxygen atoms in total. The summed E-state index contributed by atoms with van der Waals surface area (Å²) in [6, 6.07) is 10.6. The first kappa shape index (κ1) is 18.4. The number of non-ortho nitro benzene ring substituents is 1. The summed E-state index contributed by atoms with van der Waals surface area (Å²) in [5.41, 5.74) is -0.261. The van der Waals surface area contributed by atoms with Gasteiger partial charge in [0.15, 0.2) is 6.10 Å². The van der Waals surface area contributed by atoms with Crippen molar-refractivity contribution < 1.29 is 24.4 Å². The molecule has 0 aliphatic rings. The lowest BCUT2D eigenvalue weighted by Gasteiger charge is -2.14. The molecule has 9 heteroatoms. The summed E-state index contributed by atoms with van der Waals surface area (Å²) in [7, 11) is 0. The number of aromatic hydroxyl groups is 1. The second-order valence-electron chi connectivity index (χ2n) is 5.19. The molecule has 0 bridgehead atoms. The van der Waals surface area contributed by atoms with Crippen LogP contribution in [-0.2, 0) is 9.53 Å². The summed E-state index contributed by atoms with van der Waals surface area (Å²) in [4.78, 5) is 34.2. The molecule has 0 heterocycles. The lowest BCUT2D eigenvalue weighted by molar-refractivity contribution is -0.384. The number of amides is 1. The highest BCUT2D eigenvalue weighted by Crippen LogP contribution is 2.22. The van der Waals surface area contributed by atoms with Gasteiger partial charge in [0.05, 0.1) is 21.7 Å². The van der Waals surface area contributed by atoms with Crippen molar-refractivity contribution in [3.05, 3.63) is 63.7 Å². The summed E-state index contributed by atoms with van der Waals surface area (Å²) in [6.07, 6.45) is -1.20. The minimum absolute atomic E-state index is 0.0587. The first-order chi connectivity index (χ1) is 12.3. The van der Waals surface area contributed by atoms with Gasteiger partial charge in [-0.2, -0.15) is 5.26 Å². The van der Waals surface area contributed by atoms with Crippen molar-refractivity contribution in [2.45, 2.75) is 13.0 Å². The van der Waals surface area contributed by atoms with Gasteiger partial charge in [-0.25, -0.2) is 4.79 Å². The first-order valence-electron chi connectivity index (χ1n) is 7.31. The lowest BCUT2D eigenvalue weighted by atomic mass is 10.1. The van der Waals surface area contributed by atoms with Gasteiger partial charge in [0.25, 0.3) is 11.6 Å². The average molecular weight is 355 g/mol. The van der Waals surface area contributed by atoms with Crippen LogP contribution in [0.15, 0.2) is 42.5 Å². The summed E-state index contributed by atoms with van der Waals surface area (Å²) in [5.74, 6) is -1.65. The number of hydrogen-bond acceptors (Lipinski definition) is 7. The molecule has 1 atom stereocenters. The second-order valence-corrected chi connectivity index (χ2v) is 5.19. The van der Waals surface area contributed by atoms with Gasteiger partial charge in [-0.3, -0.25) is 14.9 Å². The number of benzene rings is 2. The van der Waals surface area contributed by atoms with Crippen LogP contribution in [0.25, 0.3) is 0 Å². The predicted octanol–water partition coefficient (Wildman–Crippen LogP) is 2.36. The molecular formula is C17H13N3O6. The first-order valence-corrected chi connectivity index (χ1v) is 7.31. The van der Waals surface area contributed by atoms with Crippen molar-refractivity contribution >= 4 is 23.3 Å². The molecule has 2 aromatic rings. The van der Waals surface area contributed by atoms with Crippen molar-refractivity contribution in [3.63, 3.8) is 0 Å². The maximum absolute atomic E-state index is 12.2. The Balaban J connectivity index is 2.08. The number of phenols is 1. The highest BCUT2D eigenvalue weighted by atomic mass is 16.6. The van der Waals surface area contributed by atoms with E-state index in [1.807, 2.05) is 0 Å². The van der Waals surface area contributed by atoms with E-state index in [0.717, 1.165) is 12.1 Å². The van der Waals surface area contributed by atoms with Crippen molar-refractivity contribution in [2.75, 3.05) is 5.32 Å². The fraction of sp³-hybridized carbons (Fsp3) is 0.118. The van der Waals surface area contributed by atoms with Crippen LogP contribution in [-0.4, -0.2) is 28.0 Å². The molecule has 0 radical (unpaired) electrons. The number of esters is 1. The quantitative estimate of drug-likeness (QED) is 0.476. The molecule has 0 spiro atoms. The molecular weight excluding hydrogens is 342 g/mol. The van der Waals surface area contributed by atoms with Crippen LogP contribution in [0.4, 0.5) is 11.4 Å². The average Bonchev–Trinajstić information content (AvgIpc) is 2.61. The third kappa shape index (κ3) is 4.33. The van der Waals surface area contributed by atoms with Crippen LogP contribution in [0.1, 0.15) is 22.8 Å². The Hall–Kier alpha value is -3.93. The molecule has 2 N–H and O–H groups in total. The Labute approximate surface area is 147 Å². The molecule has 0 aliphatic heterocycles.